The number of methoxy groups -OCH3 is 1. The number of anilines is 1. The monoisotopic (exact) mass is 435 g/mol. The van der Waals surface area contributed by atoms with E-state index in [0.717, 1.165) is 0 Å². The summed E-state index contributed by atoms with van der Waals surface area (Å²) in [5.74, 6) is -0.508. The zero-order chi connectivity index (χ0) is 23.0. The fourth-order valence-electron chi connectivity index (χ4n) is 3.53. The molecule has 1 N–H and O–H groups in total. The predicted molar refractivity (Wildman–Crippen MR) is 119 cm³/mol. The first-order valence-electron chi connectivity index (χ1n) is 10.4. The van der Waals surface area contributed by atoms with Crippen LogP contribution in [-0.2, 0) is 10.2 Å². The lowest BCUT2D eigenvalue weighted by atomic mass is 9.97. The maximum atomic E-state index is 12.8. The Morgan fingerprint density at radius 2 is 1.84 bits per heavy atom. The first-order valence-corrected chi connectivity index (χ1v) is 10.4. The first-order chi connectivity index (χ1) is 15.2. The average Bonchev–Trinajstić information content (AvgIpc) is 3.28. The van der Waals surface area contributed by atoms with Gasteiger partial charge in [0.15, 0.2) is 5.58 Å². The fourth-order valence-corrected chi connectivity index (χ4v) is 3.53. The summed E-state index contributed by atoms with van der Waals surface area (Å²) in [4.78, 5) is 43.7. The van der Waals surface area contributed by atoms with Gasteiger partial charge >= 0.3 is 0 Å². The number of carbonyl (C=O) groups excluding carboxylic acids is 3. The molecule has 0 bridgehead atoms. The number of nitrogens with one attached hydrogen (secondary N) is 1. The van der Waals surface area contributed by atoms with Gasteiger partial charge in [-0.3, -0.25) is 19.3 Å². The number of carbonyl (C=O) groups is 3. The molecule has 32 heavy (non-hydrogen) atoms. The maximum absolute atomic E-state index is 12.8. The standard InChI is InChI=1S/C24H25N3O5/c1-24(2,3)23-26-18-13-15(7-9-19(18)32-23)25-20(28)14-6-8-16-17(12-14)22(30)27(21(16)29)10-5-11-31-4/h6-9,12-13H,5,10-11H2,1-4H3,(H,25,28). The second-order valence-electron chi connectivity index (χ2n) is 8.77. The average molecular weight is 435 g/mol. The number of nitrogens with zero attached hydrogens (tertiary/aromatic N) is 2. The summed E-state index contributed by atoms with van der Waals surface area (Å²) in [6.07, 6.45) is 0.552. The van der Waals surface area contributed by atoms with Crippen LogP contribution in [0.15, 0.2) is 40.8 Å². The van der Waals surface area contributed by atoms with Crippen molar-refractivity contribution in [2.45, 2.75) is 32.6 Å². The molecule has 0 saturated carbocycles. The molecule has 1 aromatic heterocycles. The van der Waals surface area contributed by atoms with Crippen molar-refractivity contribution in [3.63, 3.8) is 0 Å². The van der Waals surface area contributed by atoms with Crippen LogP contribution < -0.4 is 5.32 Å². The highest BCUT2D eigenvalue weighted by Gasteiger charge is 2.35. The molecule has 2 heterocycles. The van der Waals surface area contributed by atoms with Crippen molar-refractivity contribution in [3.8, 4) is 0 Å². The maximum Gasteiger partial charge on any atom is 0.261 e. The van der Waals surface area contributed by atoms with Crippen molar-refractivity contribution in [1.82, 2.24) is 9.88 Å². The van der Waals surface area contributed by atoms with Crippen LogP contribution in [0, 0.1) is 0 Å². The van der Waals surface area contributed by atoms with Crippen LogP contribution in [0.5, 0.6) is 0 Å². The molecule has 166 valence electrons. The van der Waals surface area contributed by atoms with E-state index in [1.807, 2.05) is 20.8 Å². The number of rotatable bonds is 6. The smallest absolute Gasteiger partial charge is 0.261 e. The Kier molecular flexibility index (Phi) is 5.56. The molecule has 0 aliphatic carbocycles. The predicted octanol–water partition coefficient (Wildman–Crippen LogP) is 4.01. The van der Waals surface area contributed by atoms with Gasteiger partial charge in [-0.1, -0.05) is 20.8 Å². The summed E-state index contributed by atoms with van der Waals surface area (Å²) in [6.45, 7) is 6.77. The third-order valence-corrected chi connectivity index (χ3v) is 5.25. The normalized spacial score (nSPS) is 13.7. The van der Waals surface area contributed by atoms with Crippen LogP contribution in [0.1, 0.15) is 64.2 Å². The third-order valence-electron chi connectivity index (χ3n) is 5.25. The molecule has 0 unspecified atom stereocenters. The van der Waals surface area contributed by atoms with Crippen molar-refractivity contribution >= 4 is 34.5 Å². The minimum Gasteiger partial charge on any atom is -0.440 e. The second kappa shape index (κ2) is 8.20. The molecule has 1 aliphatic heterocycles. The summed E-state index contributed by atoms with van der Waals surface area (Å²) in [5.41, 5.74) is 2.45. The van der Waals surface area contributed by atoms with Gasteiger partial charge < -0.3 is 14.5 Å². The van der Waals surface area contributed by atoms with Crippen LogP contribution in [0.3, 0.4) is 0 Å². The van der Waals surface area contributed by atoms with Gasteiger partial charge in [0, 0.05) is 36.9 Å². The molecular weight excluding hydrogens is 410 g/mol. The molecule has 0 atom stereocenters. The van der Waals surface area contributed by atoms with Gasteiger partial charge in [0.1, 0.15) is 5.52 Å². The highest BCUT2D eigenvalue weighted by Crippen LogP contribution is 2.28. The number of benzene rings is 2. The molecule has 3 amide bonds. The molecular formula is C24H25N3O5. The van der Waals surface area contributed by atoms with Crippen LogP contribution in [-0.4, -0.2) is 47.9 Å². The van der Waals surface area contributed by atoms with Crippen molar-refractivity contribution in [1.29, 1.82) is 0 Å². The zero-order valence-corrected chi connectivity index (χ0v) is 18.5. The van der Waals surface area contributed by atoms with E-state index in [2.05, 4.69) is 10.3 Å². The minimum atomic E-state index is -0.394. The lowest BCUT2D eigenvalue weighted by Gasteiger charge is -2.12. The number of fused-ring (bicyclic) bond motifs is 2. The number of ether oxygens (including phenoxy) is 1. The van der Waals surface area contributed by atoms with Gasteiger partial charge in [-0.15, -0.1) is 0 Å². The Bertz CT molecular complexity index is 1220. The molecule has 2 aromatic carbocycles. The molecule has 0 saturated heterocycles. The summed E-state index contributed by atoms with van der Waals surface area (Å²) < 4.78 is 10.8. The van der Waals surface area contributed by atoms with Crippen molar-refractivity contribution < 1.29 is 23.5 Å². The summed E-state index contributed by atoms with van der Waals surface area (Å²) in [5, 5.41) is 2.82. The molecule has 4 rings (SSSR count). The summed E-state index contributed by atoms with van der Waals surface area (Å²) in [7, 11) is 1.57. The molecule has 0 radical (unpaired) electrons. The molecule has 0 spiro atoms. The lowest BCUT2D eigenvalue weighted by molar-refractivity contribution is 0.0638. The molecule has 8 nitrogen and oxygen atoms in total. The van der Waals surface area contributed by atoms with Crippen LogP contribution in [0.4, 0.5) is 5.69 Å². The second-order valence-corrected chi connectivity index (χ2v) is 8.77. The molecule has 3 aromatic rings. The van der Waals surface area contributed by atoms with E-state index in [1.54, 1.807) is 31.4 Å². The Labute approximate surface area is 185 Å². The highest BCUT2D eigenvalue weighted by atomic mass is 16.5. The third kappa shape index (κ3) is 4.01. The van der Waals surface area contributed by atoms with Gasteiger partial charge in [0.05, 0.1) is 11.1 Å². The van der Waals surface area contributed by atoms with E-state index in [9.17, 15) is 14.4 Å². The fraction of sp³-hybridized carbons (Fsp3) is 0.333. The van der Waals surface area contributed by atoms with E-state index in [4.69, 9.17) is 9.15 Å². The van der Waals surface area contributed by atoms with Gasteiger partial charge in [-0.05, 0) is 42.8 Å². The van der Waals surface area contributed by atoms with E-state index >= 15 is 0 Å². The van der Waals surface area contributed by atoms with Crippen molar-refractivity contribution in [3.05, 3.63) is 59.0 Å². The summed E-state index contributed by atoms with van der Waals surface area (Å²) >= 11 is 0. The number of amides is 3. The first kappa shape index (κ1) is 21.7. The van der Waals surface area contributed by atoms with Crippen LogP contribution >= 0.6 is 0 Å². The number of oxazole rings is 1. The largest absolute Gasteiger partial charge is 0.440 e. The zero-order valence-electron chi connectivity index (χ0n) is 18.5. The lowest BCUT2D eigenvalue weighted by Crippen LogP contribution is -2.31. The van der Waals surface area contributed by atoms with Gasteiger partial charge in [-0.2, -0.15) is 0 Å². The van der Waals surface area contributed by atoms with E-state index in [0.29, 0.717) is 46.8 Å². The van der Waals surface area contributed by atoms with Crippen LogP contribution in [0.25, 0.3) is 11.1 Å². The number of hydrogen-bond acceptors (Lipinski definition) is 6. The van der Waals surface area contributed by atoms with E-state index in [1.165, 1.54) is 17.0 Å². The van der Waals surface area contributed by atoms with Crippen LogP contribution in [0.2, 0.25) is 0 Å². The Morgan fingerprint density at radius 1 is 1.09 bits per heavy atom. The molecule has 1 aliphatic rings. The van der Waals surface area contributed by atoms with Crippen molar-refractivity contribution in [2.24, 2.45) is 0 Å². The minimum absolute atomic E-state index is 0.228. The topological polar surface area (TPSA) is 102 Å². The Hall–Kier alpha value is -3.52. The SMILES string of the molecule is COCCCN1C(=O)c2ccc(C(=O)Nc3ccc4oc(C(C)(C)C)nc4c3)cc2C1=O. The molecule has 0 fully saturated rings. The molecule has 8 heteroatoms. The number of hydrogen-bond donors (Lipinski definition) is 1. The van der Waals surface area contributed by atoms with Gasteiger partial charge in [0.2, 0.25) is 5.89 Å². The van der Waals surface area contributed by atoms with E-state index in [-0.39, 0.29) is 29.3 Å². The number of aromatic nitrogens is 1. The van der Waals surface area contributed by atoms with Crippen molar-refractivity contribution in [2.75, 3.05) is 25.6 Å². The Morgan fingerprint density at radius 3 is 2.56 bits per heavy atom. The number of imide groups is 1. The Balaban J connectivity index is 1.53. The quantitative estimate of drug-likeness (QED) is 0.464. The van der Waals surface area contributed by atoms with Gasteiger partial charge in [-0.25, -0.2) is 4.98 Å². The van der Waals surface area contributed by atoms with E-state index < -0.39 is 5.91 Å². The summed E-state index contributed by atoms with van der Waals surface area (Å²) in [6, 6.07) is 9.77. The van der Waals surface area contributed by atoms with Gasteiger partial charge in [0.25, 0.3) is 17.7 Å². The highest BCUT2D eigenvalue weighted by molar-refractivity contribution is 6.22.